The summed E-state index contributed by atoms with van der Waals surface area (Å²) in [6.45, 7) is 4.24. The fraction of sp³-hybridized carbons (Fsp3) is 0.300. The molecule has 1 aromatic heterocycles. The van der Waals surface area contributed by atoms with Crippen LogP contribution in [0.4, 0.5) is 26.0 Å². The first-order valence-electron chi connectivity index (χ1n) is 8.79. The Kier molecular flexibility index (Phi) is 4.41. The van der Waals surface area contributed by atoms with Crippen molar-refractivity contribution in [2.24, 2.45) is 0 Å². The SMILES string of the molecule is Cc1cc(Nc2nc(C(F)F)nc3ccccc23)ccc1N1CCCC1. The van der Waals surface area contributed by atoms with Gasteiger partial charge in [-0.05, 0) is 55.7 Å². The van der Waals surface area contributed by atoms with Crippen LogP contribution in [0.25, 0.3) is 10.9 Å². The van der Waals surface area contributed by atoms with Crippen LogP contribution in [-0.4, -0.2) is 23.1 Å². The third-order valence-electron chi connectivity index (χ3n) is 4.72. The number of nitrogens with one attached hydrogen (secondary N) is 1. The van der Waals surface area contributed by atoms with Crippen molar-refractivity contribution in [3.63, 3.8) is 0 Å². The molecule has 1 fully saturated rings. The topological polar surface area (TPSA) is 41.1 Å². The molecule has 26 heavy (non-hydrogen) atoms. The molecule has 1 aliphatic heterocycles. The summed E-state index contributed by atoms with van der Waals surface area (Å²) in [6, 6.07) is 13.3. The average Bonchev–Trinajstić information content (AvgIpc) is 3.16. The fourth-order valence-corrected chi connectivity index (χ4v) is 3.47. The van der Waals surface area contributed by atoms with E-state index in [9.17, 15) is 8.78 Å². The highest BCUT2D eigenvalue weighted by Gasteiger charge is 2.17. The van der Waals surface area contributed by atoms with Crippen molar-refractivity contribution in [2.45, 2.75) is 26.2 Å². The van der Waals surface area contributed by atoms with Crippen molar-refractivity contribution < 1.29 is 8.78 Å². The van der Waals surface area contributed by atoms with Gasteiger partial charge in [0, 0.05) is 29.9 Å². The van der Waals surface area contributed by atoms with Crippen molar-refractivity contribution in [1.82, 2.24) is 9.97 Å². The van der Waals surface area contributed by atoms with E-state index in [4.69, 9.17) is 0 Å². The highest BCUT2D eigenvalue weighted by molar-refractivity contribution is 5.90. The lowest BCUT2D eigenvalue weighted by Gasteiger charge is -2.21. The van der Waals surface area contributed by atoms with Crippen molar-refractivity contribution in [2.75, 3.05) is 23.3 Å². The third-order valence-corrected chi connectivity index (χ3v) is 4.72. The van der Waals surface area contributed by atoms with Crippen LogP contribution >= 0.6 is 0 Å². The number of alkyl halides is 2. The molecule has 4 nitrogen and oxygen atoms in total. The first-order valence-corrected chi connectivity index (χ1v) is 8.79. The molecule has 4 rings (SSSR count). The fourth-order valence-electron chi connectivity index (χ4n) is 3.47. The van der Waals surface area contributed by atoms with Crippen molar-refractivity contribution in [3.05, 3.63) is 53.9 Å². The van der Waals surface area contributed by atoms with E-state index in [0.717, 1.165) is 29.7 Å². The van der Waals surface area contributed by atoms with Crippen LogP contribution in [0.5, 0.6) is 0 Å². The highest BCUT2D eigenvalue weighted by atomic mass is 19.3. The second kappa shape index (κ2) is 6.86. The number of halogens is 2. The van der Waals surface area contributed by atoms with Gasteiger partial charge in [0.05, 0.1) is 5.52 Å². The van der Waals surface area contributed by atoms with Gasteiger partial charge in [-0.3, -0.25) is 0 Å². The van der Waals surface area contributed by atoms with E-state index in [-0.39, 0.29) is 0 Å². The van der Waals surface area contributed by atoms with Gasteiger partial charge in [0.15, 0.2) is 5.82 Å². The average molecular weight is 354 g/mol. The first kappa shape index (κ1) is 16.7. The Labute approximate surface area is 150 Å². The quantitative estimate of drug-likeness (QED) is 0.697. The van der Waals surface area contributed by atoms with E-state index >= 15 is 0 Å². The molecule has 0 unspecified atom stereocenters. The number of anilines is 3. The first-order chi connectivity index (χ1) is 12.6. The zero-order valence-corrected chi connectivity index (χ0v) is 14.5. The minimum absolute atomic E-state index is 0.402. The predicted molar refractivity (Wildman–Crippen MR) is 100 cm³/mol. The monoisotopic (exact) mass is 354 g/mol. The van der Waals surface area contributed by atoms with Gasteiger partial charge in [0.1, 0.15) is 5.82 Å². The van der Waals surface area contributed by atoms with Crippen LogP contribution in [0, 0.1) is 6.92 Å². The molecule has 3 aromatic rings. The summed E-state index contributed by atoms with van der Waals surface area (Å²) in [5.41, 5.74) is 3.72. The molecule has 0 atom stereocenters. The van der Waals surface area contributed by atoms with E-state index in [1.807, 2.05) is 24.3 Å². The van der Waals surface area contributed by atoms with E-state index in [0.29, 0.717) is 11.3 Å². The predicted octanol–water partition coefficient (Wildman–Crippen LogP) is 5.22. The molecular formula is C20H20F2N4. The van der Waals surface area contributed by atoms with Gasteiger partial charge in [-0.15, -0.1) is 0 Å². The molecule has 1 aliphatic rings. The van der Waals surface area contributed by atoms with Crippen LogP contribution in [0.1, 0.15) is 30.7 Å². The summed E-state index contributed by atoms with van der Waals surface area (Å²) in [4.78, 5) is 10.4. The van der Waals surface area contributed by atoms with Crippen LogP contribution < -0.4 is 10.2 Å². The molecule has 0 radical (unpaired) electrons. The second-order valence-electron chi connectivity index (χ2n) is 6.57. The van der Waals surface area contributed by atoms with E-state index in [1.165, 1.54) is 18.5 Å². The number of hydrogen-bond donors (Lipinski definition) is 1. The van der Waals surface area contributed by atoms with Crippen LogP contribution in [0.15, 0.2) is 42.5 Å². The maximum absolute atomic E-state index is 13.1. The molecule has 134 valence electrons. The van der Waals surface area contributed by atoms with Gasteiger partial charge in [-0.2, -0.15) is 0 Å². The van der Waals surface area contributed by atoms with Gasteiger partial charge in [-0.25, -0.2) is 18.7 Å². The molecule has 6 heteroatoms. The summed E-state index contributed by atoms with van der Waals surface area (Å²) in [7, 11) is 0. The molecule has 0 saturated carbocycles. The Bertz CT molecular complexity index is 936. The van der Waals surface area contributed by atoms with Crippen LogP contribution in [0.3, 0.4) is 0 Å². The summed E-state index contributed by atoms with van der Waals surface area (Å²) in [6.07, 6.45) is -0.259. The number of aromatic nitrogens is 2. The van der Waals surface area contributed by atoms with E-state index < -0.39 is 12.2 Å². The standard InChI is InChI=1S/C20H20F2N4/c1-13-12-14(8-9-17(13)26-10-4-5-11-26)23-19-15-6-2-3-7-16(15)24-20(25-19)18(21)22/h2-3,6-9,12,18H,4-5,10-11H2,1H3,(H,23,24,25). The second-order valence-corrected chi connectivity index (χ2v) is 6.57. The third kappa shape index (κ3) is 3.19. The van der Waals surface area contributed by atoms with Gasteiger partial charge < -0.3 is 10.2 Å². The number of aryl methyl sites for hydroxylation is 1. The van der Waals surface area contributed by atoms with E-state index in [2.05, 4.69) is 33.2 Å². The molecule has 2 heterocycles. The maximum Gasteiger partial charge on any atom is 0.297 e. The smallest absolute Gasteiger partial charge is 0.297 e. The van der Waals surface area contributed by atoms with Gasteiger partial charge in [0.2, 0.25) is 0 Å². The molecule has 0 aliphatic carbocycles. The summed E-state index contributed by atoms with van der Waals surface area (Å²) < 4.78 is 26.3. The summed E-state index contributed by atoms with van der Waals surface area (Å²) in [5, 5.41) is 3.92. The van der Waals surface area contributed by atoms with Crippen LogP contribution in [-0.2, 0) is 0 Å². The van der Waals surface area contributed by atoms with Gasteiger partial charge in [0.25, 0.3) is 6.43 Å². The Morgan fingerprint density at radius 1 is 1.04 bits per heavy atom. The summed E-state index contributed by atoms with van der Waals surface area (Å²) in [5.74, 6) is -0.0594. The molecular weight excluding hydrogens is 334 g/mol. The molecule has 2 aromatic carbocycles. The number of rotatable bonds is 4. The minimum atomic E-state index is -2.71. The Morgan fingerprint density at radius 2 is 1.81 bits per heavy atom. The number of nitrogens with zero attached hydrogens (tertiary/aromatic N) is 3. The maximum atomic E-state index is 13.1. The number of fused-ring (bicyclic) bond motifs is 1. The Hall–Kier alpha value is -2.76. The summed E-state index contributed by atoms with van der Waals surface area (Å²) >= 11 is 0. The lowest BCUT2D eigenvalue weighted by molar-refractivity contribution is 0.141. The zero-order valence-electron chi connectivity index (χ0n) is 14.5. The molecule has 1 saturated heterocycles. The van der Waals surface area contributed by atoms with Crippen molar-refractivity contribution >= 4 is 28.1 Å². The van der Waals surface area contributed by atoms with Gasteiger partial charge >= 0.3 is 0 Å². The van der Waals surface area contributed by atoms with E-state index in [1.54, 1.807) is 12.1 Å². The Balaban J connectivity index is 1.69. The van der Waals surface area contributed by atoms with Crippen molar-refractivity contribution in [3.8, 4) is 0 Å². The zero-order chi connectivity index (χ0) is 18.1. The minimum Gasteiger partial charge on any atom is -0.371 e. The molecule has 0 bridgehead atoms. The molecule has 1 N–H and O–H groups in total. The lowest BCUT2D eigenvalue weighted by atomic mass is 10.1. The molecule has 0 spiro atoms. The Morgan fingerprint density at radius 3 is 2.54 bits per heavy atom. The number of benzene rings is 2. The normalized spacial score (nSPS) is 14.4. The van der Waals surface area contributed by atoms with Crippen molar-refractivity contribution in [1.29, 1.82) is 0 Å². The molecule has 0 amide bonds. The lowest BCUT2D eigenvalue weighted by Crippen LogP contribution is -2.18. The van der Waals surface area contributed by atoms with Gasteiger partial charge in [-0.1, -0.05) is 12.1 Å². The number of hydrogen-bond acceptors (Lipinski definition) is 4. The van der Waals surface area contributed by atoms with Crippen LogP contribution in [0.2, 0.25) is 0 Å². The largest absolute Gasteiger partial charge is 0.371 e. The highest BCUT2D eigenvalue weighted by Crippen LogP contribution is 2.30. The number of para-hydroxylation sites is 1.